The molecule has 2 aromatic rings. The van der Waals surface area contributed by atoms with Crippen molar-refractivity contribution in [2.45, 2.75) is 24.7 Å². The maximum Gasteiger partial charge on any atom is 0.255 e. The second kappa shape index (κ2) is 7.89. The highest BCUT2D eigenvalue weighted by molar-refractivity contribution is 7.89. The monoisotopic (exact) mass is 387 g/mol. The fourth-order valence-electron chi connectivity index (χ4n) is 2.94. The van der Waals surface area contributed by atoms with Gasteiger partial charge in [0, 0.05) is 25.6 Å². The zero-order valence-corrected chi connectivity index (χ0v) is 15.8. The van der Waals surface area contributed by atoms with Crippen LogP contribution >= 0.6 is 0 Å². The molecule has 8 heteroatoms. The molecule has 2 aromatic carbocycles. The van der Waals surface area contributed by atoms with Crippen LogP contribution in [0.15, 0.2) is 53.4 Å². The lowest BCUT2D eigenvalue weighted by Crippen LogP contribution is -2.27. The van der Waals surface area contributed by atoms with E-state index in [9.17, 15) is 18.0 Å². The van der Waals surface area contributed by atoms with E-state index < -0.39 is 15.9 Å². The normalized spacial score (nSPS) is 14.7. The van der Waals surface area contributed by atoms with Crippen LogP contribution in [-0.2, 0) is 14.8 Å². The number of carbonyl (C=O) groups is 2. The van der Waals surface area contributed by atoms with E-state index in [1.807, 2.05) is 0 Å². The quantitative estimate of drug-likeness (QED) is 0.824. The number of para-hydroxylation sites is 2. The van der Waals surface area contributed by atoms with Gasteiger partial charge >= 0.3 is 0 Å². The number of nitrogens with zero attached hydrogens (tertiary/aromatic N) is 1. The summed E-state index contributed by atoms with van der Waals surface area (Å²) in [5.74, 6) is -0.633. The van der Waals surface area contributed by atoms with Gasteiger partial charge in [0.1, 0.15) is 0 Å². The van der Waals surface area contributed by atoms with Crippen LogP contribution in [0.3, 0.4) is 0 Å². The predicted molar refractivity (Wildman–Crippen MR) is 103 cm³/mol. The molecule has 0 bridgehead atoms. The van der Waals surface area contributed by atoms with Gasteiger partial charge in [0.2, 0.25) is 15.9 Å². The van der Waals surface area contributed by atoms with Crippen LogP contribution in [0, 0.1) is 0 Å². The number of benzene rings is 2. The molecule has 2 N–H and O–H groups in total. The van der Waals surface area contributed by atoms with Gasteiger partial charge in [0.25, 0.3) is 5.91 Å². The molecular weight excluding hydrogens is 366 g/mol. The average molecular weight is 387 g/mol. The summed E-state index contributed by atoms with van der Waals surface area (Å²) in [4.78, 5) is 23.9. The largest absolute Gasteiger partial charge is 0.325 e. The van der Waals surface area contributed by atoms with Gasteiger partial charge in [-0.05, 0) is 49.2 Å². The minimum atomic E-state index is -3.51. The number of rotatable bonds is 5. The first-order valence-electron chi connectivity index (χ1n) is 8.66. The molecule has 1 aliphatic heterocycles. The second-order valence-corrected chi connectivity index (χ2v) is 8.25. The Kier molecular flexibility index (Phi) is 5.57. The van der Waals surface area contributed by atoms with Gasteiger partial charge in [0.05, 0.1) is 16.3 Å². The van der Waals surface area contributed by atoms with Gasteiger partial charge in [0.15, 0.2) is 0 Å². The topological polar surface area (TPSA) is 95.6 Å². The Hall–Kier alpha value is -2.71. The zero-order valence-electron chi connectivity index (χ0n) is 14.9. The van der Waals surface area contributed by atoms with Gasteiger partial charge in [-0.15, -0.1) is 0 Å². The number of hydrogen-bond donors (Lipinski definition) is 2. The Bertz CT molecular complexity index is 949. The first-order chi connectivity index (χ1) is 12.9. The molecule has 27 heavy (non-hydrogen) atoms. The fraction of sp³-hybridized carbons (Fsp3) is 0.263. The maximum atomic E-state index is 12.5. The first-order valence-corrected chi connectivity index (χ1v) is 10.1. The Morgan fingerprint density at radius 3 is 2.00 bits per heavy atom. The summed E-state index contributed by atoms with van der Waals surface area (Å²) in [5, 5.41) is 5.38. The third kappa shape index (κ3) is 4.35. The Morgan fingerprint density at radius 2 is 1.44 bits per heavy atom. The van der Waals surface area contributed by atoms with Crippen LogP contribution in [0.5, 0.6) is 0 Å². The van der Waals surface area contributed by atoms with Crippen LogP contribution in [0.4, 0.5) is 11.4 Å². The summed E-state index contributed by atoms with van der Waals surface area (Å²) in [5.41, 5.74) is 1.28. The molecule has 3 rings (SSSR count). The number of carbonyl (C=O) groups excluding carboxylic acids is 2. The third-order valence-corrected chi connectivity index (χ3v) is 6.22. The van der Waals surface area contributed by atoms with Gasteiger partial charge in [-0.2, -0.15) is 4.31 Å². The van der Waals surface area contributed by atoms with Crippen molar-refractivity contribution in [3.63, 3.8) is 0 Å². The lowest BCUT2D eigenvalue weighted by molar-refractivity contribution is -0.114. The molecule has 1 fully saturated rings. The molecule has 0 atom stereocenters. The van der Waals surface area contributed by atoms with E-state index in [1.165, 1.54) is 35.5 Å². The molecule has 2 amide bonds. The number of hydrogen-bond acceptors (Lipinski definition) is 4. The Labute approximate surface area is 158 Å². The van der Waals surface area contributed by atoms with Gasteiger partial charge in [-0.1, -0.05) is 12.1 Å². The standard InChI is InChI=1S/C19H21N3O4S/c1-14(23)20-17-6-2-3-7-18(17)21-19(24)15-8-10-16(11-9-15)27(25,26)22-12-4-5-13-22/h2-3,6-11H,4-5,12-13H2,1H3,(H,20,23)(H,21,24). The smallest absolute Gasteiger partial charge is 0.255 e. The number of nitrogens with one attached hydrogen (secondary N) is 2. The summed E-state index contributed by atoms with van der Waals surface area (Å²) >= 11 is 0. The first kappa shape index (κ1) is 19.1. The minimum Gasteiger partial charge on any atom is -0.325 e. The zero-order chi connectivity index (χ0) is 19.4. The van der Waals surface area contributed by atoms with Crippen molar-refractivity contribution in [3.05, 3.63) is 54.1 Å². The van der Waals surface area contributed by atoms with Crippen molar-refractivity contribution in [2.75, 3.05) is 23.7 Å². The van der Waals surface area contributed by atoms with E-state index in [1.54, 1.807) is 24.3 Å². The van der Waals surface area contributed by atoms with Crippen LogP contribution in [0.25, 0.3) is 0 Å². The molecular formula is C19H21N3O4S. The highest BCUT2D eigenvalue weighted by atomic mass is 32.2. The molecule has 0 saturated carbocycles. The van der Waals surface area contributed by atoms with E-state index in [4.69, 9.17) is 0 Å². The van der Waals surface area contributed by atoms with E-state index in [0.29, 0.717) is 30.0 Å². The summed E-state index contributed by atoms with van der Waals surface area (Å²) in [6.45, 7) is 2.45. The summed E-state index contributed by atoms with van der Waals surface area (Å²) in [7, 11) is -3.51. The van der Waals surface area contributed by atoms with E-state index in [0.717, 1.165) is 12.8 Å². The minimum absolute atomic E-state index is 0.180. The molecule has 1 saturated heterocycles. The number of anilines is 2. The molecule has 7 nitrogen and oxygen atoms in total. The average Bonchev–Trinajstić information content (AvgIpc) is 3.18. The molecule has 0 unspecified atom stereocenters. The summed E-state index contributed by atoms with van der Waals surface area (Å²) < 4.78 is 26.5. The molecule has 0 aromatic heterocycles. The van der Waals surface area contributed by atoms with Crippen molar-refractivity contribution >= 4 is 33.2 Å². The van der Waals surface area contributed by atoms with Gasteiger partial charge in [-0.25, -0.2) is 8.42 Å². The lowest BCUT2D eigenvalue weighted by Gasteiger charge is -2.15. The van der Waals surface area contributed by atoms with Gasteiger partial charge < -0.3 is 10.6 Å². The van der Waals surface area contributed by atoms with E-state index in [-0.39, 0.29) is 10.8 Å². The lowest BCUT2D eigenvalue weighted by atomic mass is 10.2. The molecule has 1 aliphatic rings. The maximum absolute atomic E-state index is 12.5. The Morgan fingerprint density at radius 1 is 0.889 bits per heavy atom. The SMILES string of the molecule is CC(=O)Nc1ccccc1NC(=O)c1ccc(S(=O)(=O)N2CCCC2)cc1. The van der Waals surface area contributed by atoms with Crippen LogP contribution < -0.4 is 10.6 Å². The summed E-state index contributed by atoms with van der Waals surface area (Å²) in [6, 6.07) is 12.7. The highest BCUT2D eigenvalue weighted by Crippen LogP contribution is 2.23. The molecule has 0 aliphatic carbocycles. The molecule has 0 spiro atoms. The van der Waals surface area contributed by atoms with Crippen LogP contribution in [-0.4, -0.2) is 37.6 Å². The third-order valence-electron chi connectivity index (χ3n) is 4.31. The van der Waals surface area contributed by atoms with Crippen LogP contribution in [0.1, 0.15) is 30.1 Å². The van der Waals surface area contributed by atoms with Crippen molar-refractivity contribution in [2.24, 2.45) is 0 Å². The summed E-state index contributed by atoms with van der Waals surface area (Å²) in [6.07, 6.45) is 1.74. The number of amides is 2. The van der Waals surface area contributed by atoms with Gasteiger partial charge in [-0.3, -0.25) is 9.59 Å². The van der Waals surface area contributed by atoms with Crippen molar-refractivity contribution in [1.82, 2.24) is 4.31 Å². The highest BCUT2D eigenvalue weighted by Gasteiger charge is 2.27. The van der Waals surface area contributed by atoms with Crippen molar-refractivity contribution in [3.8, 4) is 0 Å². The second-order valence-electron chi connectivity index (χ2n) is 6.32. The van der Waals surface area contributed by atoms with E-state index >= 15 is 0 Å². The van der Waals surface area contributed by atoms with Crippen LogP contribution in [0.2, 0.25) is 0 Å². The molecule has 0 radical (unpaired) electrons. The Balaban J connectivity index is 1.76. The molecule has 142 valence electrons. The van der Waals surface area contributed by atoms with Crippen molar-refractivity contribution in [1.29, 1.82) is 0 Å². The van der Waals surface area contributed by atoms with Crippen molar-refractivity contribution < 1.29 is 18.0 Å². The van der Waals surface area contributed by atoms with E-state index in [2.05, 4.69) is 10.6 Å². The molecule has 1 heterocycles. The number of sulfonamides is 1. The fourth-order valence-corrected chi connectivity index (χ4v) is 4.46. The predicted octanol–water partition coefficient (Wildman–Crippen LogP) is 2.68.